The highest BCUT2D eigenvalue weighted by molar-refractivity contribution is 9.10. The maximum absolute atomic E-state index is 12.7. The van der Waals surface area contributed by atoms with E-state index >= 15 is 0 Å². The van der Waals surface area contributed by atoms with Gasteiger partial charge in [0.15, 0.2) is 0 Å². The number of hydrogen-bond acceptors (Lipinski definition) is 3. The molecule has 0 spiro atoms. The van der Waals surface area contributed by atoms with Gasteiger partial charge in [0.2, 0.25) is 10.0 Å². The predicted octanol–water partition coefficient (Wildman–Crippen LogP) is 2.98. The summed E-state index contributed by atoms with van der Waals surface area (Å²) >= 11 is 3.31. The van der Waals surface area contributed by atoms with Crippen LogP contribution in [-0.2, 0) is 10.0 Å². The molecule has 0 heterocycles. The topological polar surface area (TPSA) is 66.4 Å². The number of halogens is 1. The van der Waals surface area contributed by atoms with Crippen LogP contribution in [0.5, 0.6) is 0 Å². The fourth-order valence-corrected chi connectivity index (χ4v) is 5.35. The highest BCUT2D eigenvalue weighted by Gasteiger charge is 2.38. The third-order valence-corrected chi connectivity index (χ3v) is 6.40. The largest absolute Gasteiger partial charge is 0.394 e. The molecule has 6 heteroatoms. The van der Waals surface area contributed by atoms with Gasteiger partial charge in [0, 0.05) is 4.47 Å². The van der Waals surface area contributed by atoms with Crippen LogP contribution in [0, 0.1) is 12.8 Å². The van der Waals surface area contributed by atoms with Gasteiger partial charge in [-0.2, -0.15) is 0 Å². The summed E-state index contributed by atoms with van der Waals surface area (Å²) in [6.45, 7) is 3.71. The predicted molar refractivity (Wildman–Crippen MR) is 86.6 cm³/mol. The van der Waals surface area contributed by atoms with E-state index in [1.807, 2.05) is 6.07 Å². The van der Waals surface area contributed by atoms with Crippen LogP contribution in [0.3, 0.4) is 0 Å². The van der Waals surface area contributed by atoms with Crippen molar-refractivity contribution in [2.24, 2.45) is 5.92 Å². The lowest BCUT2D eigenvalue weighted by Crippen LogP contribution is -2.53. The lowest BCUT2D eigenvalue weighted by molar-refractivity contribution is 0.119. The van der Waals surface area contributed by atoms with Gasteiger partial charge in [-0.1, -0.05) is 41.8 Å². The second-order valence-electron chi connectivity index (χ2n) is 6.16. The molecule has 0 radical (unpaired) electrons. The normalized spacial score (nSPS) is 26.8. The second-order valence-corrected chi connectivity index (χ2v) is 8.72. The summed E-state index contributed by atoms with van der Waals surface area (Å²) in [4.78, 5) is 0.267. The molecule has 1 saturated carbocycles. The minimum atomic E-state index is -3.65. The first-order chi connectivity index (χ1) is 9.78. The number of aryl methyl sites for hydroxylation is 1. The van der Waals surface area contributed by atoms with Crippen molar-refractivity contribution in [3.63, 3.8) is 0 Å². The van der Waals surface area contributed by atoms with Gasteiger partial charge in [-0.05, 0) is 43.4 Å². The maximum atomic E-state index is 12.7. The van der Waals surface area contributed by atoms with Crippen molar-refractivity contribution in [3.05, 3.63) is 28.2 Å². The van der Waals surface area contributed by atoms with E-state index in [0.717, 1.165) is 17.3 Å². The Hall–Kier alpha value is -0.430. The summed E-state index contributed by atoms with van der Waals surface area (Å²) in [5, 5.41) is 9.76. The van der Waals surface area contributed by atoms with Gasteiger partial charge in [0.05, 0.1) is 17.0 Å². The molecule has 0 bridgehead atoms. The molecule has 1 aliphatic rings. The van der Waals surface area contributed by atoms with Crippen molar-refractivity contribution in [2.75, 3.05) is 6.61 Å². The Bertz CT molecular complexity index is 617. The molecule has 2 N–H and O–H groups in total. The van der Waals surface area contributed by atoms with Crippen LogP contribution in [0.1, 0.15) is 38.2 Å². The number of aliphatic hydroxyl groups is 1. The minimum absolute atomic E-state index is 0.163. The highest BCUT2D eigenvalue weighted by Crippen LogP contribution is 2.33. The van der Waals surface area contributed by atoms with E-state index in [1.54, 1.807) is 19.1 Å². The Kier molecular flexibility index (Phi) is 5.13. The molecule has 118 valence electrons. The van der Waals surface area contributed by atoms with E-state index in [4.69, 9.17) is 0 Å². The summed E-state index contributed by atoms with van der Waals surface area (Å²) < 4.78 is 28.9. The van der Waals surface area contributed by atoms with E-state index in [2.05, 4.69) is 27.6 Å². The van der Waals surface area contributed by atoms with Crippen LogP contribution >= 0.6 is 15.9 Å². The summed E-state index contributed by atoms with van der Waals surface area (Å²) in [5.41, 5.74) is -0.0340. The standard InChI is InChI=1S/C15H22BrNO3S/c1-11-4-3-7-15(9-11,10-18)17-21(19,20)14-8-13(16)6-5-12(14)2/h5-6,8,11,17-18H,3-4,7,9-10H2,1-2H3. The van der Waals surface area contributed by atoms with Gasteiger partial charge >= 0.3 is 0 Å². The Labute approximate surface area is 135 Å². The van der Waals surface area contributed by atoms with Crippen LogP contribution in [0.2, 0.25) is 0 Å². The van der Waals surface area contributed by atoms with Crippen LogP contribution in [-0.4, -0.2) is 25.7 Å². The summed E-state index contributed by atoms with van der Waals surface area (Å²) in [6.07, 6.45) is 3.37. The van der Waals surface area contributed by atoms with Crippen molar-refractivity contribution < 1.29 is 13.5 Å². The average molecular weight is 376 g/mol. The lowest BCUT2D eigenvalue weighted by Gasteiger charge is -2.39. The molecule has 1 aliphatic carbocycles. The molecule has 2 unspecified atom stereocenters. The lowest BCUT2D eigenvalue weighted by atomic mass is 9.78. The summed E-state index contributed by atoms with van der Waals surface area (Å²) in [7, 11) is -3.65. The Morgan fingerprint density at radius 1 is 1.48 bits per heavy atom. The van der Waals surface area contributed by atoms with Gasteiger partial charge < -0.3 is 5.11 Å². The monoisotopic (exact) mass is 375 g/mol. The molecule has 1 aromatic carbocycles. The molecule has 2 rings (SSSR count). The SMILES string of the molecule is Cc1ccc(Br)cc1S(=O)(=O)NC1(CO)CCCC(C)C1. The first kappa shape index (κ1) is 16.9. The first-order valence-electron chi connectivity index (χ1n) is 7.19. The zero-order valence-electron chi connectivity index (χ0n) is 12.4. The molecular weight excluding hydrogens is 354 g/mol. The Morgan fingerprint density at radius 3 is 2.81 bits per heavy atom. The van der Waals surface area contributed by atoms with Gasteiger partial charge in [0.25, 0.3) is 0 Å². The molecule has 1 fully saturated rings. The molecule has 0 aromatic heterocycles. The highest BCUT2D eigenvalue weighted by atomic mass is 79.9. The van der Waals surface area contributed by atoms with Crippen LogP contribution < -0.4 is 4.72 Å². The van der Waals surface area contributed by atoms with Crippen molar-refractivity contribution in [1.29, 1.82) is 0 Å². The zero-order valence-corrected chi connectivity index (χ0v) is 14.8. The van der Waals surface area contributed by atoms with Crippen molar-refractivity contribution in [2.45, 2.75) is 50.0 Å². The van der Waals surface area contributed by atoms with Gasteiger partial charge in [-0.3, -0.25) is 0 Å². The van der Waals surface area contributed by atoms with E-state index < -0.39 is 15.6 Å². The van der Waals surface area contributed by atoms with Crippen molar-refractivity contribution in [3.8, 4) is 0 Å². The molecule has 0 saturated heterocycles. The van der Waals surface area contributed by atoms with Crippen molar-refractivity contribution >= 4 is 26.0 Å². The van der Waals surface area contributed by atoms with Gasteiger partial charge in [-0.25, -0.2) is 13.1 Å². The van der Waals surface area contributed by atoms with E-state index in [1.165, 1.54) is 0 Å². The summed E-state index contributed by atoms with van der Waals surface area (Å²) in [5.74, 6) is 0.414. The van der Waals surface area contributed by atoms with Crippen LogP contribution in [0.4, 0.5) is 0 Å². The first-order valence-corrected chi connectivity index (χ1v) is 9.47. The maximum Gasteiger partial charge on any atom is 0.241 e. The smallest absolute Gasteiger partial charge is 0.241 e. The number of aliphatic hydroxyl groups excluding tert-OH is 1. The Balaban J connectivity index is 2.33. The third-order valence-electron chi connectivity index (χ3n) is 4.18. The van der Waals surface area contributed by atoms with E-state index in [-0.39, 0.29) is 11.5 Å². The van der Waals surface area contributed by atoms with E-state index in [0.29, 0.717) is 24.3 Å². The third kappa shape index (κ3) is 3.86. The number of sulfonamides is 1. The molecular formula is C15H22BrNO3S. The number of nitrogens with one attached hydrogen (secondary N) is 1. The number of rotatable bonds is 4. The molecule has 0 aliphatic heterocycles. The minimum Gasteiger partial charge on any atom is -0.394 e. The van der Waals surface area contributed by atoms with Gasteiger partial charge in [-0.15, -0.1) is 0 Å². The molecule has 2 atom stereocenters. The molecule has 4 nitrogen and oxygen atoms in total. The summed E-state index contributed by atoms with van der Waals surface area (Å²) in [6, 6.07) is 5.20. The quantitative estimate of drug-likeness (QED) is 0.849. The zero-order chi connectivity index (χ0) is 15.7. The molecule has 21 heavy (non-hydrogen) atoms. The van der Waals surface area contributed by atoms with Crippen LogP contribution in [0.25, 0.3) is 0 Å². The number of benzene rings is 1. The Morgan fingerprint density at radius 2 is 2.19 bits per heavy atom. The molecule has 0 amide bonds. The van der Waals surface area contributed by atoms with Crippen molar-refractivity contribution in [1.82, 2.24) is 4.72 Å². The van der Waals surface area contributed by atoms with Crippen LogP contribution in [0.15, 0.2) is 27.6 Å². The van der Waals surface area contributed by atoms with E-state index in [9.17, 15) is 13.5 Å². The average Bonchev–Trinajstić information content (AvgIpc) is 2.41. The fourth-order valence-electron chi connectivity index (χ4n) is 3.13. The molecule has 1 aromatic rings. The number of hydrogen-bond donors (Lipinski definition) is 2. The second kappa shape index (κ2) is 6.36. The van der Waals surface area contributed by atoms with Gasteiger partial charge in [0.1, 0.15) is 0 Å². The fraction of sp³-hybridized carbons (Fsp3) is 0.600.